The van der Waals surface area contributed by atoms with E-state index in [-0.39, 0.29) is 6.61 Å². The summed E-state index contributed by atoms with van der Waals surface area (Å²) >= 11 is 17.7. The molecule has 0 amide bonds. The number of ether oxygens (including phenoxy) is 2. The van der Waals surface area contributed by atoms with E-state index in [0.717, 1.165) is 0 Å². The lowest BCUT2D eigenvalue weighted by molar-refractivity contribution is 0.103. The molecule has 0 aliphatic heterocycles. The van der Waals surface area contributed by atoms with Crippen LogP contribution in [0.25, 0.3) is 0 Å². The number of rotatable bonds is 8. The molecule has 7 heteroatoms. The fourth-order valence-electron chi connectivity index (χ4n) is 1.35. The quantitative estimate of drug-likeness (QED) is 0.720. The van der Waals surface area contributed by atoms with Crippen LogP contribution >= 0.6 is 34.8 Å². The standard InChI is InChI=1S/C12H16Cl3NO3/c1-18-3-2-16-6-9(17)7-19-12-10(14)4-8(13)5-11(12)15/h4-5,9,16-17H,2-3,6-7H2,1H3. The molecule has 108 valence electrons. The molecular weight excluding hydrogens is 312 g/mol. The van der Waals surface area contributed by atoms with Gasteiger partial charge in [0, 0.05) is 25.2 Å². The highest BCUT2D eigenvalue weighted by Gasteiger charge is 2.11. The van der Waals surface area contributed by atoms with Gasteiger partial charge in [-0.2, -0.15) is 0 Å². The summed E-state index contributed by atoms with van der Waals surface area (Å²) in [6, 6.07) is 3.07. The molecule has 2 N–H and O–H groups in total. The molecule has 19 heavy (non-hydrogen) atoms. The molecule has 1 atom stereocenters. The minimum absolute atomic E-state index is 0.0844. The van der Waals surface area contributed by atoms with Crippen molar-refractivity contribution in [3.05, 3.63) is 27.2 Å². The third kappa shape index (κ3) is 6.17. The molecule has 0 aliphatic carbocycles. The van der Waals surface area contributed by atoms with Gasteiger partial charge in [0.2, 0.25) is 0 Å². The highest BCUT2D eigenvalue weighted by molar-refractivity contribution is 6.40. The van der Waals surface area contributed by atoms with E-state index >= 15 is 0 Å². The third-order valence-electron chi connectivity index (χ3n) is 2.25. The van der Waals surface area contributed by atoms with Gasteiger partial charge in [0.1, 0.15) is 12.7 Å². The summed E-state index contributed by atoms with van der Waals surface area (Å²) in [5, 5.41) is 13.8. The average molecular weight is 329 g/mol. The molecule has 0 spiro atoms. The van der Waals surface area contributed by atoms with Gasteiger partial charge < -0.3 is 19.9 Å². The van der Waals surface area contributed by atoms with Gasteiger partial charge >= 0.3 is 0 Å². The molecule has 0 saturated carbocycles. The molecule has 0 fully saturated rings. The molecule has 0 bridgehead atoms. The Morgan fingerprint density at radius 3 is 2.47 bits per heavy atom. The van der Waals surface area contributed by atoms with Crippen LogP contribution in [0.1, 0.15) is 0 Å². The summed E-state index contributed by atoms with van der Waals surface area (Å²) in [4.78, 5) is 0. The van der Waals surface area contributed by atoms with Crippen LogP contribution in [-0.4, -0.2) is 44.6 Å². The summed E-state index contributed by atoms with van der Waals surface area (Å²) in [6.45, 7) is 1.73. The van der Waals surface area contributed by atoms with Crippen molar-refractivity contribution in [1.29, 1.82) is 0 Å². The number of aliphatic hydroxyl groups excluding tert-OH is 1. The van der Waals surface area contributed by atoms with Gasteiger partial charge in [0.15, 0.2) is 5.75 Å². The van der Waals surface area contributed by atoms with Crippen molar-refractivity contribution in [2.45, 2.75) is 6.10 Å². The molecule has 1 rings (SSSR count). The average Bonchev–Trinajstić information content (AvgIpc) is 2.33. The Kier molecular flexibility index (Phi) is 7.83. The van der Waals surface area contributed by atoms with Gasteiger partial charge in [-0.3, -0.25) is 0 Å². The molecule has 0 heterocycles. The topological polar surface area (TPSA) is 50.7 Å². The number of hydrogen-bond donors (Lipinski definition) is 2. The van der Waals surface area contributed by atoms with E-state index < -0.39 is 6.10 Å². The highest BCUT2D eigenvalue weighted by atomic mass is 35.5. The van der Waals surface area contributed by atoms with E-state index in [1.807, 2.05) is 0 Å². The number of methoxy groups -OCH3 is 1. The minimum atomic E-state index is -0.667. The second-order valence-electron chi connectivity index (χ2n) is 3.86. The first kappa shape index (κ1) is 16.8. The van der Waals surface area contributed by atoms with Crippen molar-refractivity contribution >= 4 is 34.8 Å². The maximum atomic E-state index is 9.71. The summed E-state index contributed by atoms with van der Waals surface area (Å²) in [7, 11) is 1.62. The number of halogens is 3. The van der Waals surface area contributed by atoms with Crippen LogP contribution in [0.3, 0.4) is 0 Å². The lowest BCUT2D eigenvalue weighted by atomic mass is 10.3. The van der Waals surface area contributed by atoms with Crippen LogP contribution in [0.5, 0.6) is 5.75 Å². The Morgan fingerprint density at radius 2 is 1.89 bits per heavy atom. The molecule has 0 aliphatic rings. The Morgan fingerprint density at radius 1 is 1.26 bits per heavy atom. The lowest BCUT2D eigenvalue weighted by Crippen LogP contribution is -2.33. The maximum absolute atomic E-state index is 9.71. The molecule has 1 aromatic rings. The van der Waals surface area contributed by atoms with E-state index in [4.69, 9.17) is 44.3 Å². The predicted octanol–water partition coefficient (Wildman–Crippen LogP) is 2.62. The molecule has 1 aromatic carbocycles. The normalized spacial score (nSPS) is 12.5. The predicted molar refractivity (Wildman–Crippen MR) is 77.7 cm³/mol. The summed E-state index contributed by atoms with van der Waals surface area (Å²) in [5.74, 6) is 0.323. The summed E-state index contributed by atoms with van der Waals surface area (Å²) in [5.41, 5.74) is 0. The molecule has 0 aromatic heterocycles. The van der Waals surface area contributed by atoms with E-state index in [2.05, 4.69) is 5.32 Å². The van der Waals surface area contributed by atoms with Gasteiger partial charge in [0.05, 0.1) is 16.7 Å². The maximum Gasteiger partial charge on any atom is 0.156 e. The summed E-state index contributed by atoms with van der Waals surface area (Å²) < 4.78 is 10.3. The van der Waals surface area contributed by atoms with Gasteiger partial charge in [-0.15, -0.1) is 0 Å². The monoisotopic (exact) mass is 327 g/mol. The van der Waals surface area contributed by atoms with Crippen molar-refractivity contribution < 1.29 is 14.6 Å². The van der Waals surface area contributed by atoms with Gasteiger partial charge in [-0.25, -0.2) is 0 Å². The highest BCUT2D eigenvalue weighted by Crippen LogP contribution is 2.35. The van der Waals surface area contributed by atoms with Gasteiger partial charge in [-0.1, -0.05) is 34.8 Å². The largest absolute Gasteiger partial charge is 0.488 e. The van der Waals surface area contributed by atoms with E-state index in [0.29, 0.717) is 40.5 Å². The molecule has 0 saturated heterocycles. The van der Waals surface area contributed by atoms with Crippen molar-refractivity contribution in [2.24, 2.45) is 0 Å². The van der Waals surface area contributed by atoms with Gasteiger partial charge in [0.25, 0.3) is 0 Å². The molecule has 0 radical (unpaired) electrons. The number of nitrogens with one attached hydrogen (secondary N) is 1. The lowest BCUT2D eigenvalue weighted by Gasteiger charge is -2.15. The second kappa shape index (κ2) is 8.84. The first-order valence-electron chi connectivity index (χ1n) is 5.69. The van der Waals surface area contributed by atoms with Crippen LogP contribution in [0.15, 0.2) is 12.1 Å². The van der Waals surface area contributed by atoms with Crippen molar-refractivity contribution in [3.8, 4) is 5.75 Å². The number of benzene rings is 1. The zero-order chi connectivity index (χ0) is 14.3. The fraction of sp³-hybridized carbons (Fsp3) is 0.500. The van der Waals surface area contributed by atoms with E-state index in [9.17, 15) is 5.11 Å². The smallest absolute Gasteiger partial charge is 0.156 e. The van der Waals surface area contributed by atoms with Crippen LogP contribution < -0.4 is 10.1 Å². The van der Waals surface area contributed by atoms with Crippen molar-refractivity contribution in [3.63, 3.8) is 0 Å². The Labute approximate surface area is 127 Å². The first-order valence-corrected chi connectivity index (χ1v) is 6.83. The van der Waals surface area contributed by atoms with Crippen molar-refractivity contribution in [1.82, 2.24) is 5.32 Å². The van der Waals surface area contributed by atoms with E-state index in [1.54, 1.807) is 7.11 Å². The molecule has 4 nitrogen and oxygen atoms in total. The van der Waals surface area contributed by atoms with E-state index in [1.165, 1.54) is 12.1 Å². The SMILES string of the molecule is COCCNCC(O)COc1c(Cl)cc(Cl)cc1Cl. The van der Waals surface area contributed by atoms with Crippen molar-refractivity contribution in [2.75, 3.05) is 33.4 Å². The van der Waals surface area contributed by atoms with Crippen LogP contribution in [0, 0.1) is 0 Å². The Bertz CT molecular complexity index is 381. The first-order chi connectivity index (χ1) is 9.04. The fourth-order valence-corrected chi connectivity index (χ4v) is 2.27. The van der Waals surface area contributed by atoms with Crippen LogP contribution in [0.4, 0.5) is 0 Å². The van der Waals surface area contributed by atoms with Crippen LogP contribution in [-0.2, 0) is 4.74 Å². The second-order valence-corrected chi connectivity index (χ2v) is 5.11. The summed E-state index contributed by atoms with van der Waals surface area (Å²) in [6.07, 6.45) is -0.667. The Balaban J connectivity index is 2.40. The zero-order valence-electron chi connectivity index (χ0n) is 10.5. The number of hydrogen-bond acceptors (Lipinski definition) is 4. The minimum Gasteiger partial charge on any atom is -0.488 e. The van der Waals surface area contributed by atoms with Gasteiger partial charge in [-0.05, 0) is 12.1 Å². The Hall–Kier alpha value is -0.230. The third-order valence-corrected chi connectivity index (χ3v) is 3.03. The van der Waals surface area contributed by atoms with Crippen LogP contribution in [0.2, 0.25) is 15.1 Å². The molecule has 1 unspecified atom stereocenters. The molecular formula is C12H16Cl3NO3. The zero-order valence-corrected chi connectivity index (χ0v) is 12.7. The number of aliphatic hydroxyl groups is 1.